The van der Waals surface area contributed by atoms with Gasteiger partial charge in [-0.2, -0.15) is 18.3 Å². The van der Waals surface area contributed by atoms with E-state index in [4.69, 9.17) is 21.5 Å². The summed E-state index contributed by atoms with van der Waals surface area (Å²) in [4.78, 5) is 38.0. The standard InChI is InChI=1S/C25H23ClF5N7O2.CH2O2/c1-37-18(15-10-38(19-6-24(19,27)28)36-20(15)25(29,30)31)9-33-21(37)23(40)34-12-2-3-13(16(26)5-12)22(39)35-17-4-11-7-32-8-14(11)17;2-1-3/h2-3,5,9-11,14,17,19,32H,4,6-8H2,1H3,(H,34,40)(H,35,39);1H,(H,2,3). The lowest BCUT2D eigenvalue weighted by molar-refractivity contribution is -0.141. The van der Waals surface area contributed by atoms with E-state index in [0.717, 1.165) is 36.5 Å². The predicted octanol–water partition coefficient (Wildman–Crippen LogP) is 3.83. The number of nitrogens with zero attached hydrogens (tertiary/aromatic N) is 4. The molecular formula is C26H25ClF5N7O4. The molecule has 3 aliphatic rings. The third kappa shape index (κ3) is 5.93. The van der Waals surface area contributed by atoms with Gasteiger partial charge in [0.1, 0.15) is 6.04 Å². The Morgan fingerprint density at radius 3 is 2.53 bits per heavy atom. The van der Waals surface area contributed by atoms with Gasteiger partial charge in [-0.1, -0.05) is 11.6 Å². The third-order valence-electron chi connectivity index (χ3n) is 7.83. The molecule has 0 bridgehead atoms. The maximum atomic E-state index is 13.7. The van der Waals surface area contributed by atoms with Gasteiger partial charge in [0, 0.05) is 37.9 Å². The molecule has 230 valence electrons. The van der Waals surface area contributed by atoms with Gasteiger partial charge >= 0.3 is 6.18 Å². The van der Waals surface area contributed by atoms with Gasteiger partial charge in [-0.25, -0.2) is 13.8 Å². The van der Waals surface area contributed by atoms with Crippen LogP contribution in [0.3, 0.4) is 0 Å². The van der Waals surface area contributed by atoms with E-state index >= 15 is 0 Å². The van der Waals surface area contributed by atoms with Gasteiger partial charge in [-0.3, -0.25) is 19.1 Å². The summed E-state index contributed by atoms with van der Waals surface area (Å²) < 4.78 is 69.7. The van der Waals surface area contributed by atoms with Crippen molar-refractivity contribution < 1.29 is 41.4 Å². The summed E-state index contributed by atoms with van der Waals surface area (Å²) in [6.45, 7) is 1.57. The van der Waals surface area contributed by atoms with Crippen LogP contribution in [0.15, 0.2) is 30.6 Å². The fraction of sp³-hybridized carbons (Fsp3) is 0.423. The van der Waals surface area contributed by atoms with Crippen molar-refractivity contribution in [1.29, 1.82) is 0 Å². The number of hydrogen-bond acceptors (Lipinski definition) is 6. The molecule has 1 aliphatic heterocycles. The fourth-order valence-electron chi connectivity index (χ4n) is 5.47. The first-order valence-corrected chi connectivity index (χ1v) is 13.4. The summed E-state index contributed by atoms with van der Waals surface area (Å²) in [7, 11) is 1.33. The number of nitrogens with one attached hydrogen (secondary N) is 3. The number of hydrogen-bond donors (Lipinski definition) is 4. The molecule has 0 radical (unpaired) electrons. The lowest BCUT2D eigenvalue weighted by atomic mass is 9.71. The van der Waals surface area contributed by atoms with E-state index in [-0.39, 0.29) is 46.2 Å². The highest BCUT2D eigenvalue weighted by atomic mass is 35.5. The van der Waals surface area contributed by atoms with Gasteiger partial charge < -0.3 is 25.6 Å². The zero-order valence-electron chi connectivity index (χ0n) is 22.3. The summed E-state index contributed by atoms with van der Waals surface area (Å²) in [6, 6.07) is 2.95. The lowest BCUT2D eigenvalue weighted by Crippen LogP contribution is -2.52. The first kappa shape index (κ1) is 30.4. The largest absolute Gasteiger partial charge is 0.483 e. The van der Waals surface area contributed by atoms with Crippen LogP contribution in [0.25, 0.3) is 11.3 Å². The van der Waals surface area contributed by atoms with Crippen molar-refractivity contribution in [2.24, 2.45) is 18.9 Å². The SMILES string of the molecule is Cn1c(-c2cn(C3CC3(F)F)nc2C(F)(F)F)cnc1C(=O)Nc1ccc(C(=O)NC2CC3CNCC32)c(Cl)c1.O=CO. The molecule has 2 saturated carbocycles. The number of aromatic nitrogens is 4. The van der Waals surface area contributed by atoms with Gasteiger partial charge in [-0.05, 0) is 43.0 Å². The molecule has 4 N–H and O–H groups in total. The minimum absolute atomic E-state index is 0.0753. The minimum atomic E-state index is -4.92. The number of carboxylic acid groups (broad SMARTS) is 1. The average molecular weight is 630 g/mol. The highest BCUT2D eigenvalue weighted by molar-refractivity contribution is 6.34. The van der Waals surface area contributed by atoms with Gasteiger partial charge in [0.15, 0.2) is 11.5 Å². The molecule has 4 unspecified atom stereocenters. The molecule has 0 spiro atoms. The van der Waals surface area contributed by atoms with Crippen molar-refractivity contribution in [2.45, 2.75) is 37.0 Å². The summed E-state index contributed by atoms with van der Waals surface area (Å²) in [5, 5.41) is 19.2. The van der Waals surface area contributed by atoms with E-state index in [1.54, 1.807) is 0 Å². The number of carbonyl (C=O) groups excluding carboxylic acids is 2. The van der Waals surface area contributed by atoms with Crippen LogP contribution in [0.5, 0.6) is 0 Å². The Bertz CT molecular complexity index is 1570. The maximum absolute atomic E-state index is 13.7. The van der Waals surface area contributed by atoms with Crippen LogP contribution in [-0.4, -0.2) is 67.8 Å². The van der Waals surface area contributed by atoms with Crippen molar-refractivity contribution in [3.63, 3.8) is 0 Å². The van der Waals surface area contributed by atoms with Crippen LogP contribution >= 0.6 is 11.6 Å². The van der Waals surface area contributed by atoms with E-state index in [1.165, 1.54) is 25.2 Å². The molecule has 3 fully saturated rings. The zero-order chi connectivity index (χ0) is 31.3. The Morgan fingerprint density at radius 2 is 1.93 bits per heavy atom. The van der Waals surface area contributed by atoms with Crippen molar-refractivity contribution in [3.8, 4) is 11.3 Å². The number of alkyl halides is 5. The number of benzene rings is 1. The molecule has 2 aromatic heterocycles. The summed E-state index contributed by atoms with van der Waals surface area (Å²) in [5.41, 5.74) is -1.49. The first-order chi connectivity index (χ1) is 20.2. The molecule has 43 heavy (non-hydrogen) atoms. The molecule has 3 aromatic rings. The maximum Gasteiger partial charge on any atom is 0.435 e. The van der Waals surface area contributed by atoms with E-state index in [0.29, 0.717) is 16.5 Å². The molecular weight excluding hydrogens is 605 g/mol. The highest BCUT2D eigenvalue weighted by Crippen LogP contribution is 2.53. The van der Waals surface area contributed by atoms with Crippen LogP contribution < -0.4 is 16.0 Å². The van der Waals surface area contributed by atoms with E-state index in [9.17, 15) is 31.5 Å². The molecule has 6 rings (SSSR count). The molecule has 4 atom stereocenters. The molecule has 2 amide bonds. The predicted molar refractivity (Wildman–Crippen MR) is 142 cm³/mol. The van der Waals surface area contributed by atoms with E-state index < -0.39 is 41.7 Å². The zero-order valence-corrected chi connectivity index (χ0v) is 23.1. The monoisotopic (exact) mass is 629 g/mol. The number of imidazole rings is 1. The van der Waals surface area contributed by atoms with Crippen molar-refractivity contribution in [3.05, 3.63) is 52.7 Å². The Labute approximate surface area is 245 Å². The van der Waals surface area contributed by atoms with Crippen LogP contribution in [0, 0.1) is 11.8 Å². The van der Waals surface area contributed by atoms with Crippen molar-refractivity contribution >= 4 is 35.6 Å². The summed E-state index contributed by atoms with van der Waals surface area (Å²) in [5.74, 6) is -3.47. The quantitative estimate of drug-likeness (QED) is 0.240. The molecule has 3 heterocycles. The van der Waals surface area contributed by atoms with Crippen LogP contribution in [0.1, 0.15) is 45.6 Å². The number of amides is 2. The smallest absolute Gasteiger partial charge is 0.435 e. The lowest BCUT2D eigenvalue weighted by Gasteiger charge is -2.40. The second-order valence-electron chi connectivity index (χ2n) is 10.5. The van der Waals surface area contributed by atoms with Crippen LogP contribution in [0.2, 0.25) is 5.02 Å². The summed E-state index contributed by atoms with van der Waals surface area (Å²) >= 11 is 6.32. The normalized spacial score (nSPS) is 23.3. The molecule has 1 saturated heterocycles. The molecule has 1 aromatic carbocycles. The second-order valence-corrected chi connectivity index (χ2v) is 10.9. The Balaban J connectivity index is 0.00000118. The Morgan fingerprint density at radius 1 is 1.23 bits per heavy atom. The third-order valence-corrected chi connectivity index (χ3v) is 8.15. The van der Waals surface area contributed by atoms with Gasteiger partial charge in [0.25, 0.3) is 24.2 Å². The minimum Gasteiger partial charge on any atom is -0.483 e. The van der Waals surface area contributed by atoms with Gasteiger partial charge in [0.2, 0.25) is 0 Å². The van der Waals surface area contributed by atoms with Gasteiger partial charge in [-0.15, -0.1) is 0 Å². The van der Waals surface area contributed by atoms with E-state index in [2.05, 4.69) is 26.0 Å². The number of halogens is 6. The van der Waals surface area contributed by atoms with Crippen LogP contribution in [0.4, 0.5) is 27.6 Å². The fourth-order valence-corrected chi connectivity index (χ4v) is 5.73. The number of anilines is 1. The summed E-state index contributed by atoms with van der Waals surface area (Å²) in [6.07, 6.45) is -2.69. The first-order valence-electron chi connectivity index (χ1n) is 13.0. The van der Waals surface area contributed by atoms with Crippen molar-refractivity contribution in [2.75, 3.05) is 18.4 Å². The highest BCUT2D eigenvalue weighted by Gasteiger charge is 2.59. The Hall–Kier alpha value is -4.05. The molecule has 11 nitrogen and oxygen atoms in total. The van der Waals surface area contributed by atoms with Crippen molar-refractivity contribution in [1.82, 2.24) is 30.0 Å². The topological polar surface area (TPSA) is 143 Å². The van der Waals surface area contributed by atoms with Crippen LogP contribution in [-0.2, 0) is 18.0 Å². The van der Waals surface area contributed by atoms with Gasteiger partial charge in [0.05, 0.1) is 28.0 Å². The second kappa shape index (κ2) is 11.2. The molecule has 2 aliphatic carbocycles. The number of carbonyl (C=O) groups is 3. The number of fused-ring (bicyclic) bond motifs is 1. The van der Waals surface area contributed by atoms with E-state index in [1.807, 2.05) is 0 Å². The average Bonchev–Trinajstić information content (AvgIpc) is 3.30. The number of rotatable bonds is 6. The Kier molecular flexibility index (Phi) is 7.94. The molecule has 17 heteroatoms.